The van der Waals surface area contributed by atoms with Gasteiger partial charge in [0.25, 0.3) is 0 Å². The fourth-order valence-corrected chi connectivity index (χ4v) is 26.2. The molecule has 0 amide bonds. The first-order valence-electron chi connectivity index (χ1n) is 10.4. The zero-order valence-corrected chi connectivity index (χ0v) is 23.0. The quantitative estimate of drug-likeness (QED) is 0.223. The van der Waals surface area contributed by atoms with Crippen LogP contribution < -0.4 is 9.72 Å². The van der Waals surface area contributed by atoms with Crippen LogP contribution in [0.2, 0.25) is 0 Å². The predicted octanol–water partition coefficient (Wildman–Crippen LogP) is 8.45. The predicted molar refractivity (Wildman–Crippen MR) is 148 cm³/mol. The van der Waals surface area contributed by atoms with Crippen LogP contribution in [0.25, 0.3) is 0 Å². The van der Waals surface area contributed by atoms with Crippen molar-refractivity contribution < 1.29 is 0 Å². The Labute approximate surface area is 188 Å². The first-order valence-corrected chi connectivity index (χ1v) is 16.8. The first-order chi connectivity index (χ1) is 13.5. The van der Waals surface area contributed by atoms with Gasteiger partial charge in [-0.3, -0.25) is 0 Å². The van der Waals surface area contributed by atoms with Gasteiger partial charge >= 0.3 is 188 Å². The molecule has 0 unspecified atom stereocenters. The molecule has 6 heteroatoms. The molecule has 170 valence electrons. The zero-order chi connectivity index (χ0) is 23.4. The number of nitrogens with zero attached hydrogens (tertiary/aromatic N) is 1. The fraction of sp³-hybridized carbons (Fsp3) is 0.500. The zero-order valence-electron chi connectivity index (χ0n) is 20.3. The van der Waals surface area contributed by atoms with Crippen LogP contribution in [-0.2, 0) is 0 Å². The first kappa shape index (κ1) is 27.4. The molecule has 0 saturated carbocycles. The Bertz CT molecular complexity index is 748. The van der Waals surface area contributed by atoms with Gasteiger partial charge in [0.2, 0.25) is 0 Å². The summed E-state index contributed by atoms with van der Waals surface area (Å²) in [4.78, 5) is 8.33. The van der Waals surface area contributed by atoms with E-state index < -0.39 is 13.8 Å². The Hall–Kier alpha value is -0.680. The third-order valence-corrected chi connectivity index (χ3v) is 21.6. The van der Waals surface area contributed by atoms with Gasteiger partial charge in [0.1, 0.15) is 0 Å². The molecule has 0 atom stereocenters. The van der Waals surface area contributed by atoms with Gasteiger partial charge in [0.05, 0.1) is 0 Å². The molecule has 0 aromatic heterocycles. The van der Waals surface area contributed by atoms with Crippen molar-refractivity contribution in [2.24, 2.45) is 4.52 Å². The van der Waals surface area contributed by atoms with E-state index >= 15 is 0 Å². The average molecular weight is 468 g/mol. The fourth-order valence-electron chi connectivity index (χ4n) is 5.59. The van der Waals surface area contributed by atoms with E-state index in [0.29, 0.717) is 0 Å². The summed E-state index contributed by atoms with van der Waals surface area (Å²) in [6.07, 6.45) is 5.28. The molecule has 1 aliphatic rings. The summed E-state index contributed by atoms with van der Waals surface area (Å²) in [7, 11) is 0.933. The number of allylic oxidation sites excluding steroid dienone is 6. The van der Waals surface area contributed by atoms with E-state index in [1.54, 1.807) is 0 Å². The topological polar surface area (TPSA) is 36.4 Å². The van der Waals surface area contributed by atoms with Gasteiger partial charge in [-0.15, -0.1) is 0 Å². The average Bonchev–Trinajstić information content (AvgIpc) is 2.39. The van der Waals surface area contributed by atoms with Gasteiger partial charge in [-0.2, -0.15) is 0 Å². The van der Waals surface area contributed by atoms with Crippen LogP contribution in [0.15, 0.2) is 77.4 Å². The van der Waals surface area contributed by atoms with Crippen molar-refractivity contribution in [3.8, 4) is 0 Å². The molecule has 1 heterocycles. The van der Waals surface area contributed by atoms with Crippen molar-refractivity contribution in [2.45, 2.75) is 41.5 Å². The van der Waals surface area contributed by atoms with Crippen LogP contribution in [0.5, 0.6) is 0 Å². The minimum absolute atomic E-state index is 0.862. The molecule has 1 rings (SSSR count). The van der Waals surface area contributed by atoms with Gasteiger partial charge in [0, 0.05) is 0 Å². The van der Waals surface area contributed by atoms with E-state index in [-0.39, 0.29) is 0 Å². The van der Waals surface area contributed by atoms with Crippen LogP contribution >= 0.6 is 22.3 Å². The standard InChI is InChI=1S/C24H44N3P3/c1-19(2)13-29(14-20(3)4,15-21(5)6)25-28-26-30(27-29,16-22(7)8,17-23(9)10)18-24(11)12/h27H,1,3,5,7,9,11,13-18H2,2,4,6,8,10,12H3,(H,25,26). The molecule has 1 aliphatic heterocycles. The second kappa shape index (κ2) is 9.44. The van der Waals surface area contributed by atoms with Crippen LogP contribution in [0.1, 0.15) is 41.5 Å². The Kier molecular flexibility index (Phi) is 8.61. The molecule has 30 heavy (non-hydrogen) atoms. The summed E-state index contributed by atoms with van der Waals surface area (Å²) in [5.41, 5.74) is 6.97. The third kappa shape index (κ3) is 6.66. The van der Waals surface area contributed by atoms with Crippen molar-refractivity contribution in [1.82, 2.24) is 9.72 Å². The molecule has 2 N–H and O–H groups in total. The van der Waals surface area contributed by atoms with Gasteiger partial charge in [0.15, 0.2) is 0 Å². The second-order valence-electron chi connectivity index (χ2n) is 10.5. The van der Waals surface area contributed by atoms with Gasteiger partial charge in [-0.1, -0.05) is 0 Å². The molecule has 0 aromatic rings. The molecular weight excluding hydrogens is 423 g/mol. The van der Waals surface area contributed by atoms with Gasteiger partial charge < -0.3 is 0 Å². The summed E-state index contributed by atoms with van der Waals surface area (Å²) >= 11 is 0. The molecule has 0 radical (unpaired) electrons. The van der Waals surface area contributed by atoms with Crippen LogP contribution in [0, 0.1) is 0 Å². The molecule has 0 saturated heterocycles. The second-order valence-corrected chi connectivity index (χ2v) is 21.7. The Morgan fingerprint density at radius 1 is 0.600 bits per heavy atom. The summed E-state index contributed by atoms with van der Waals surface area (Å²) in [6.45, 7) is 33.0. The Balaban J connectivity index is 4.01. The van der Waals surface area contributed by atoms with Crippen molar-refractivity contribution in [1.29, 1.82) is 0 Å². The van der Waals surface area contributed by atoms with Gasteiger partial charge in [-0.25, -0.2) is 0 Å². The summed E-state index contributed by atoms with van der Waals surface area (Å²) < 4.78 is 5.42. The number of rotatable bonds is 12. The maximum absolute atomic E-state index is 5.42. The summed E-state index contributed by atoms with van der Waals surface area (Å²) in [5, 5.41) is 0. The Morgan fingerprint density at radius 3 is 1.17 bits per heavy atom. The van der Waals surface area contributed by atoms with Crippen molar-refractivity contribution in [2.75, 3.05) is 37.0 Å². The van der Waals surface area contributed by atoms with E-state index in [9.17, 15) is 0 Å². The van der Waals surface area contributed by atoms with Gasteiger partial charge in [-0.05, 0) is 0 Å². The number of nitrogens with one attached hydrogen (secondary N) is 2. The molecular formula is C24H44N3P3. The van der Waals surface area contributed by atoms with Crippen molar-refractivity contribution in [3.05, 3.63) is 72.9 Å². The molecule has 3 nitrogen and oxygen atoms in total. The van der Waals surface area contributed by atoms with E-state index in [1.165, 1.54) is 16.7 Å². The molecule has 0 aromatic carbocycles. The van der Waals surface area contributed by atoms with Crippen molar-refractivity contribution in [3.63, 3.8) is 0 Å². The molecule has 0 spiro atoms. The molecule has 0 fully saturated rings. The van der Waals surface area contributed by atoms with E-state index in [1.807, 2.05) is 0 Å². The Morgan fingerprint density at radius 2 is 0.900 bits per heavy atom. The monoisotopic (exact) mass is 467 g/mol. The van der Waals surface area contributed by atoms with Crippen LogP contribution in [0.4, 0.5) is 0 Å². The van der Waals surface area contributed by atoms with E-state index in [4.69, 9.17) is 4.52 Å². The maximum atomic E-state index is 5.42. The number of hydrogen-bond donors (Lipinski definition) is 2. The van der Waals surface area contributed by atoms with E-state index in [0.717, 1.165) is 62.2 Å². The van der Waals surface area contributed by atoms with Crippen LogP contribution in [-0.4, -0.2) is 37.0 Å². The number of hydrogen-bond acceptors (Lipinski definition) is 3. The summed E-state index contributed by atoms with van der Waals surface area (Å²) in [5.74, 6) is 0. The minimum atomic E-state index is -2.90. The molecule has 0 bridgehead atoms. The summed E-state index contributed by atoms with van der Waals surface area (Å²) in [6, 6.07) is 0. The normalized spacial score (nSPS) is 23.5. The third-order valence-electron chi connectivity index (χ3n) is 4.99. The van der Waals surface area contributed by atoms with Crippen LogP contribution in [0.3, 0.4) is 0 Å². The SMILES string of the molecule is C=C(C)CP1(CC(=C)C)(CC(=C)C)N=PNP(CC(=C)C)(CC(=C)C)(CC(=C)C)N1. The van der Waals surface area contributed by atoms with Crippen molar-refractivity contribution >= 4 is 22.3 Å². The molecule has 0 aliphatic carbocycles. The van der Waals surface area contributed by atoms with E-state index in [2.05, 4.69) is 90.7 Å².